The number of nitrogens with zero attached hydrogens (tertiary/aromatic N) is 4. The van der Waals surface area contributed by atoms with E-state index >= 15 is 0 Å². The quantitative estimate of drug-likeness (QED) is 0.760. The average Bonchev–Trinajstić information content (AvgIpc) is 2.70. The van der Waals surface area contributed by atoms with E-state index in [1.54, 1.807) is 15.6 Å². The predicted molar refractivity (Wildman–Crippen MR) is 58.2 cm³/mol. The van der Waals surface area contributed by atoms with E-state index in [2.05, 4.69) is 15.5 Å². The van der Waals surface area contributed by atoms with E-state index in [0.717, 1.165) is 5.69 Å². The molecule has 0 aliphatic rings. The maximum absolute atomic E-state index is 5.74. The fourth-order valence-electron chi connectivity index (χ4n) is 1.38. The zero-order valence-corrected chi connectivity index (χ0v) is 8.81. The van der Waals surface area contributed by atoms with Gasteiger partial charge in [-0.2, -0.15) is 10.2 Å². The Hall–Kier alpha value is -1.98. The number of anilines is 2. The topological polar surface area (TPSA) is 73.7 Å². The van der Waals surface area contributed by atoms with Crippen molar-refractivity contribution >= 4 is 11.5 Å². The molecular weight excluding hydrogens is 192 g/mol. The monoisotopic (exact) mass is 206 g/mol. The number of hydrogen-bond donors (Lipinski definition) is 2. The van der Waals surface area contributed by atoms with E-state index in [0.29, 0.717) is 18.1 Å². The van der Waals surface area contributed by atoms with Gasteiger partial charge in [0.2, 0.25) is 0 Å². The highest BCUT2D eigenvalue weighted by molar-refractivity contribution is 5.59. The third-order valence-electron chi connectivity index (χ3n) is 2.06. The molecule has 0 bridgehead atoms. The van der Waals surface area contributed by atoms with E-state index in [4.69, 9.17) is 5.73 Å². The van der Waals surface area contributed by atoms with Crippen molar-refractivity contribution in [3.63, 3.8) is 0 Å². The van der Waals surface area contributed by atoms with E-state index in [9.17, 15) is 0 Å². The number of nitrogens with one attached hydrogen (secondary N) is 1. The van der Waals surface area contributed by atoms with Crippen molar-refractivity contribution in [2.45, 2.75) is 6.54 Å². The van der Waals surface area contributed by atoms with Gasteiger partial charge in [-0.1, -0.05) is 0 Å². The van der Waals surface area contributed by atoms with Crippen LogP contribution in [0.5, 0.6) is 0 Å². The lowest BCUT2D eigenvalue weighted by atomic mass is 10.4. The fourth-order valence-corrected chi connectivity index (χ4v) is 1.38. The summed E-state index contributed by atoms with van der Waals surface area (Å²) in [7, 11) is 3.72. The molecule has 0 atom stereocenters. The van der Waals surface area contributed by atoms with Gasteiger partial charge in [-0.25, -0.2) is 0 Å². The van der Waals surface area contributed by atoms with E-state index in [-0.39, 0.29) is 0 Å². The SMILES string of the molecule is Cn1ccc(CNc2nn(C)cc2N)n1. The van der Waals surface area contributed by atoms with Crippen LogP contribution in [0, 0.1) is 0 Å². The summed E-state index contributed by atoms with van der Waals surface area (Å²) in [5, 5.41) is 11.5. The van der Waals surface area contributed by atoms with Gasteiger partial charge in [0.15, 0.2) is 5.82 Å². The van der Waals surface area contributed by atoms with Crippen molar-refractivity contribution in [2.75, 3.05) is 11.1 Å². The zero-order valence-electron chi connectivity index (χ0n) is 8.81. The van der Waals surface area contributed by atoms with Gasteiger partial charge in [0.05, 0.1) is 17.9 Å². The zero-order chi connectivity index (χ0) is 10.8. The third kappa shape index (κ3) is 2.09. The second kappa shape index (κ2) is 3.64. The number of nitrogens with two attached hydrogens (primary N) is 1. The first-order valence-corrected chi connectivity index (χ1v) is 4.66. The number of aromatic nitrogens is 4. The van der Waals surface area contributed by atoms with Crippen LogP contribution in [0.4, 0.5) is 11.5 Å². The number of rotatable bonds is 3. The Bertz CT molecular complexity index is 455. The molecule has 0 radical (unpaired) electrons. The molecule has 0 spiro atoms. The predicted octanol–water partition coefficient (Wildman–Crippen LogP) is 0.348. The summed E-state index contributed by atoms with van der Waals surface area (Å²) in [6.45, 7) is 0.627. The molecule has 3 N–H and O–H groups in total. The summed E-state index contributed by atoms with van der Waals surface area (Å²) in [4.78, 5) is 0. The Morgan fingerprint density at radius 1 is 1.33 bits per heavy atom. The molecule has 0 aromatic carbocycles. The summed E-state index contributed by atoms with van der Waals surface area (Å²) in [6.07, 6.45) is 3.67. The molecule has 2 aromatic heterocycles. The second-order valence-electron chi connectivity index (χ2n) is 3.44. The highest BCUT2D eigenvalue weighted by Crippen LogP contribution is 2.14. The Labute approximate surface area is 87.7 Å². The molecule has 0 aliphatic heterocycles. The molecule has 2 heterocycles. The van der Waals surface area contributed by atoms with Crippen molar-refractivity contribution in [1.29, 1.82) is 0 Å². The Kier molecular flexibility index (Phi) is 2.32. The minimum atomic E-state index is 0.627. The van der Waals surface area contributed by atoms with E-state index in [1.165, 1.54) is 0 Å². The Balaban J connectivity index is 2.01. The minimum Gasteiger partial charge on any atom is -0.394 e. The lowest BCUT2D eigenvalue weighted by Crippen LogP contribution is -2.03. The summed E-state index contributed by atoms with van der Waals surface area (Å²) in [5.74, 6) is 0.697. The second-order valence-corrected chi connectivity index (χ2v) is 3.44. The van der Waals surface area contributed by atoms with Crippen LogP contribution in [0.25, 0.3) is 0 Å². The van der Waals surface area contributed by atoms with Crippen LogP contribution in [0.3, 0.4) is 0 Å². The molecule has 2 aromatic rings. The van der Waals surface area contributed by atoms with Gasteiger partial charge >= 0.3 is 0 Å². The standard InChI is InChI=1S/C9H14N6/c1-14-4-3-7(12-14)5-11-9-8(10)6-15(2)13-9/h3-4,6H,5,10H2,1-2H3,(H,11,13). The molecule has 80 valence electrons. The molecule has 0 saturated carbocycles. The molecule has 0 fully saturated rings. The molecular formula is C9H14N6. The highest BCUT2D eigenvalue weighted by Gasteiger charge is 2.04. The lowest BCUT2D eigenvalue weighted by Gasteiger charge is -2.00. The van der Waals surface area contributed by atoms with E-state index in [1.807, 2.05) is 26.4 Å². The average molecular weight is 206 g/mol. The molecule has 2 rings (SSSR count). The van der Waals surface area contributed by atoms with Gasteiger partial charge in [-0.05, 0) is 6.07 Å². The Morgan fingerprint density at radius 2 is 2.13 bits per heavy atom. The molecule has 0 unspecified atom stereocenters. The van der Waals surface area contributed by atoms with Crippen LogP contribution >= 0.6 is 0 Å². The van der Waals surface area contributed by atoms with Crippen LogP contribution < -0.4 is 11.1 Å². The van der Waals surface area contributed by atoms with Crippen LogP contribution in [0.2, 0.25) is 0 Å². The summed E-state index contributed by atoms with van der Waals surface area (Å²) in [6, 6.07) is 1.95. The van der Waals surface area contributed by atoms with Crippen molar-refractivity contribution in [3.8, 4) is 0 Å². The molecule has 6 heteroatoms. The molecule has 6 nitrogen and oxygen atoms in total. The van der Waals surface area contributed by atoms with Crippen molar-refractivity contribution < 1.29 is 0 Å². The van der Waals surface area contributed by atoms with Gasteiger partial charge in [-0.15, -0.1) is 0 Å². The van der Waals surface area contributed by atoms with Crippen molar-refractivity contribution in [2.24, 2.45) is 14.1 Å². The fraction of sp³-hybridized carbons (Fsp3) is 0.333. The van der Waals surface area contributed by atoms with Gasteiger partial charge in [0.25, 0.3) is 0 Å². The molecule has 15 heavy (non-hydrogen) atoms. The van der Waals surface area contributed by atoms with Crippen LogP contribution in [0.1, 0.15) is 5.69 Å². The smallest absolute Gasteiger partial charge is 0.171 e. The molecule has 0 amide bonds. The maximum Gasteiger partial charge on any atom is 0.171 e. The number of hydrogen-bond acceptors (Lipinski definition) is 4. The normalized spacial score (nSPS) is 10.5. The van der Waals surface area contributed by atoms with E-state index < -0.39 is 0 Å². The molecule has 0 saturated heterocycles. The molecule has 0 aliphatic carbocycles. The van der Waals surface area contributed by atoms with Crippen LogP contribution in [-0.2, 0) is 20.6 Å². The first kappa shape index (κ1) is 9.57. The van der Waals surface area contributed by atoms with Crippen LogP contribution in [-0.4, -0.2) is 19.6 Å². The first-order chi connectivity index (χ1) is 7.15. The maximum atomic E-state index is 5.74. The summed E-state index contributed by atoms with van der Waals surface area (Å²) >= 11 is 0. The first-order valence-electron chi connectivity index (χ1n) is 4.66. The van der Waals surface area contributed by atoms with Crippen LogP contribution in [0.15, 0.2) is 18.5 Å². The summed E-state index contributed by atoms with van der Waals surface area (Å²) < 4.78 is 3.44. The van der Waals surface area contributed by atoms with Gasteiger partial charge < -0.3 is 11.1 Å². The summed E-state index contributed by atoms with van der Waals surface area (Å²) in [5.41, 5.74) is 7.35. The number of aryl methyl sites for hydroxylation is 2. The minimum absolute atomic E-state index is 0.627. The Morgan fingerprint density at radius 3 is 2.67 bits per heavy atom. The third-order valence-corrected chi connectivity index (χ3v) is 2.06. The van der Waals surface area contributed by atoms with Gasteiger partial charge in [-0.3, -0.25) is 9.36 Å². The van der Waals surface area contributed by atoms with Crippen molar-refractivity contribution in [1.82, 2.24) is 19.6 Å². The largest absolute Gasteiger partial charge is 0.394 e. The number of nitrogen functional groups attached to an aromatic ring is 1. The van der Waals surface area contributed by atoms with Gasteiger partial charge in [0, 0.05) is 26.5 Å². The van der Waals surface area contributed by atoms with Crippen molar-refractivity contribution in [3.05, 3.63) is 24.2 Å². The highest BCUT2D eigenvalue weighted by atomic mass is 15.3. The van der Waals surface area contributed by atoms with Gasteiger partial charge in [0.1, 0.15) is 0 Å². The lowest BCUT2D eigenvalue weighted by molar-refractivity contribution is 0.743.